The molecule has 0 fully saturated rings. The first-order chi connectivity index (χ1) is 9.29. The lowest BCUT2D eigenvalue weighted by Gasteiger charge is -2.14. The molecule has 1 aromatic carbocycles. The molecule has 1 aromatic rings. The molecule has 8 heteroatoms. The van der Waals surface area contributed by atoms with E-state index in [1.807, 2.05) is 6.92 Å². The van der Waals surface area contributed by atoms with Crippen molar-refractivity contribution in [2.75, 3.05) is 5.32 Å². The molecule has 0 aliphatic carbocycles. The van der Waals surface area contributed by atoms with Crippen LogP contribution in [0.25, 0.3) is 0 Å². The van der Waals surface area contributed by atoms with Gasteiger partial charge in [-0.05, 0) is 24.6 Å². The number of aliphatic carboxylic acids is 1. The third kappa shape index (κ3) is 4.77. The van der Waals surface area contributed by atoms with Gasteiger partial charge >= 0.3 is 12.0 Å². The van der Waals surface area contributed by atoms with Crippen LogP contribution in [0.4, 0.5) is 10.5 Å². The molecule has 0 unspecified atom stereocenters. The molecule has 5 N–H and O–H groups in total. The maximum absolute atomic E-state index is 11.6. The summed E-state index contributed by atoms with van der Waals surface area (Å²) in [6.45, 7) is 1.84. The van der Waals surface area contributed by atoms with Gasteiger partial charge in [0.15, 0.2) is 0 Å². The Hall–Kier alpha value is -2.28. The number of urea groups is 1. The number of nitrogens with one attached hydrogen (secondary N) is 2. The second kappa shape index (κ2) is 6.76. The van der Waals surface area contributed by atoms with Crippen LogP contribution in [-0.2, 0) is 9.59 Å². The molecular weight excluding hydrogens is 286 g/mol. The number of halogens is 1. The molecule has 0 saturated carbocycles. The van der Waals surface area contributed by atoms with Gasteiger partial charge in [-0.15, -0.1) is 0 Å². The van der Waals surface area contributed by atoms with Crippen LogP contribution in [0.1, 0.15) is 12.0 Å². The summed E-state index contributed by atoms with van der Waals surface area (Å²) in [7, 11) is 0. The number of rotatable bonds is 5. The fraction of sp³-hybridized carbons (Fsp3) is 0.250. The second-order valence-corrected chi connectivity index (χ2v) is 4.55. The highest BCUT2D eigenvalue weighted by molar-refractivity contribution is 6.33. The normalized spacial score (nSPS) is 11.5. The lowest BCUT2D eigenvalue weighted by atomic mass is 10.2. The number of hydrogen-bond acceptors (Lipinski definition) is 3. The maximum atomic E-state index is 11.6. The van der Waals surface area contributed by atoms with Crippen LogP contribution >= 0.6 is 11.6 Å². The number of amides is 3. The Bertz CT molecular complexity index is 548. The predicted molar refractivity (Wildman–Crippen MR) is 73.6 cm³/mol. The standard InChI is InChI=1S/C12H14ClN3O4/c1-6-2-3-8(7(13)4-6)15-12(20)16-9(11(18)19)5-10(14)17/h2-4,9H,5H2,1H3,(H2,14,17)(H,18,19)(H2,15,16,20)/t9-/m1/s1. The number of carboxylic acid groups (broad SMARTS) is 1. The van der Waals surface area contributed by atoms with E-state index in [1.165, 1.54) is 0 Å². The molecule has 0 heterocycles. The monoisotopic (exact) mass is 299 g/mol. The summed E-state index contributed by atoms with van der Waals surface area (Å²) in [4.78, 5) is 33.2. The van der Waals surface area contributed by atoms with Gasteiger partial charge in [0.05, 0.1) is 17.1 Å². The Morgan fingerprint density at radius 1 is 1.40 bits per heavy atom. The number of carbonyl (C=O) groups is 3. The quantitative estimate of drug-likeness (QED) is 0.650. The molecule has 0 saturated heterocycles. The van der Waals surface area contributed by atoms with Crippen LogP contribution in [0.3, 0.4) is 0 Å². The van der Waals surface area contributed by atoms with Crippen molar-refractivity contribution in [2.24, 2.45) is 5.73 Å². The third-order valence-corrected chi connectivity index (χ3v) is 2.69. The molecule has 0 spiro atoms. The van der Waals surface area contributed by atoms with Crippen LogP contribution in [0, 0.1) is 6.92 Å². The summed E-state index contributed by atoms with van der Waals surface area (Å²) >= 11 is 5.92. The van der Waals surface area contributed by atoms with E-state index in [-0.39, 0.29) is 0 Å². The predicted octanol–water partition coefficient (Wildman–Crippen LogP) is 1.10. The third-order valence-electron chi connectivity index (χ3n) is 2.38. The average Bonchev–Trinajstić information content (AvgIpc) is 2.31. The van der Waals surface area contributed by atoms with Crippen LogP contribution in [0.2, 0.25) is 5.02 Å². The van der Waals surface area contributed by atoms with Crippen molar-refractivity contribution in [1.82, 2.24) is 5.32 Å². The Balaban J connectivity index is 2.70. The minimum Gasteiger partial charge on any atom is -0.480 e. The van der Waals surface area contributed by atoms with Crippen molar-refractivity contribution in [2.45, 2.75) is 19.4 Å². The highest BCUT2D eigenvalue weighted by Gasteiger charge is 2.22. The van der Waals surface area contributed by atoms with E-state index in [2.05, 4.69) is 10.6 Å². The number of hydrogen-bond donors (Lipinski definition) is 4. The van der Waals surface area contributed by atoms with Crippen molar-refractivity contribution < 1.29 is 19.5 Å². The van der Waals surface area contributed by atoms with Crippen LogP contribution in [0.15, 0.2) is 18.2 Å². The van der Waals surface area contributed by atoms with Crippen LogP contribution in [0.5, 0.6) is 0 Å². The average molecular weight is 300 g/mol. The Kier molecular flexibility index (Phi) is 5.33. The molecule has 0 aliphatic rings. The highest BCUT2D eigenvalue weighted by atomic mass is 35.5. The molecule has 3 amide bonds. The first-order valence-electron chi connectivity index (χ1n) is 5.64. The lowest BCUT2D eigenvalue weighted by Crippen LogP contribution is -2.45. The topological polar surface area (TPSA) is 122 Å². The number of carbonyl (C=O) groups excluding carboxylic acids is 2. The molecule has 0 aromatic heterocycles. The first-order valence-corrected chi connectivity index (χ1v) is 6.02. The fourth-order valence-corrected chi connectivity index (χ4v) is 1.72. The van der Waals surface area contributed by atoms with Gasteiger partial charge in [-0.2, -0.15) is 0 Å². The summed E-state index contributed by atoms with van der Waals surface area (Å²) in [6, 6.07) is 2.79. The van der Waals surface area contributed by atoms with E-state index < -0.39 is 30.4 Å². The van der Waals surface area contributed by atoms with Crippen molar-refractivity contribution >= 4 is 35.2 Å². The smallest absolute Gasteiger partial charge is 0.326 e. The fourth-order valence-electron chi connectivity index (χ4n) is 1.44. The molecule has 0 radical (unpaired) electrons. The number of primary amides is 1. The summed E-state index contributed by atoms with van der Waals surface area (Å²) in [5, 5.41) is 13.7. The van der Waals surface area contributed by atoms with E-state index in [0.29, 0.717) is 10.7 Å². The molecule has 108 valence electrons. The zero-order valence-electron chi connectivity index (χ0n) is 10.6. The molecule has 1 atom stereocenters. The van der Waals surface area contributed by atoms with Crippen molar-refractivity contribution in [3.05, 3.63) is 28.8 Å². The Morgan fingerprint density at radius 3 is 2.55 bits per heavy atom. The van der Waals surface area contributed by atoms with Crippen molar-refractivity contribution in [3.8, 4) is 0 Å². The van der Waals surface area contributed by atoms with Gasteiger partial charge in [-0.3, -0.25) is 4.79 Å². The zero-order valence-corrected chi connectivity index (χ0v) is 11.4. The van der Waals surface area contributed by atoms with E-state index in [4.69, 9.17) is 22.4 Å². The largest absolute Gasteiger partial charge is 0.480 e. The van der Waals surface area contributed by atoms with Gasteiger partial charge < -0.3 is 21.5 Å². The zero-order chi connectivity index (χ0) is 15.3. The summed E-state index contributed by atoms with van der Waals surface area (Å²) < 4.78 is 0. The number of carboxylic acids is 1. The molecule has 7 nitrogen and oxygen atoms in total. The van der Waals surface area contributed by atoms with Crippen LogP contribution < -0.4 is 16.4 Å². The van der Waals surface area contributed by atoms with Crippen molar-refractivity contribution in [3.63, 3.8) is 0 Å². The summed E-state index contributed by atoms with van der Waals surface area (Å²) in [5.74, 6) is -2.18. The number of aryl methyl sites for hydroxylation is 1. The molecule has 0 bridgehead atoms. The lowest BCUT2D eigenvalue weighted by molar-refractivity contribution is -0.140. The van der Waals surface area contributed by atoms with Crippen molar-refractivity contribution in [1.29, 1.82) is 0 Å². The minimum atomic E-state index is -1.39. The maximum Gasteiger partial charge on any atom is 0.326 e. The molecule has 0 aliphatic heterocycles. The van der Waals surface area contributed by atoms with Crippen LogP contribution in [-0.4, -0.2) is 29.1 Å². The summed E-state index contributed by atoms with van der Waals surface area (Å²) in [5.41, 5.74) is 6.15. The van der Waals surface area contributed by atoms with Gasteiger partial charge in [-0.25, -0.2) is 9.59 Å². The Morgan fingerprint density at radius 2 is 2.05 bits per heavy atom. The second-order valence-electron chi connectivity index (χ2n) is 4.14. The number of anilines is 1. The molecule has 20 heavy (non-hydrogen) atoms. The highest BCUT2D eigenvalue weighted by Crippen LogP contribution is 2.22. The molecular formula is C12H14ClN3O4. The van der Waals surface area contributed by atoms with Gasteiger partial charge in [0, 0.05) is 0 Å². The van der Waals surface area contributed by atoms with E-state index >= 15 is 0 Å². The minimum absolute atomic E-state index is 0.321. The first kappa shape index (κ1) is 15.8. The van der Waals surface area contributed by atoms with Gasteiger partial charge in [0.1, 0.15) is 6.04 Å². The van der Waals surface area contributed by atoms with E-state index in [1.54, 1.807) is 18.2 Å². The van der Waals surface area contributed by atoms with E-state index in [9.17, 15) is 14.4 Å². The number of benzene rings is 1. The van der Waals surface area contributed by atoms with Gasteiger partial charge in [-0.1, -0.05) is 17.7 Å². The SMILES string of the molecule is Cc1ccc(NC(=O)N[C@H](CC(N)=O)C(=O)O)c(Cl)c1. The van der Waals surface area contributed by atoms with Gasteiger partial charge in [0.2, 0.25) is 5.91 Å². The Labute approximate surface area is 120 Å². The van der Waals surface area contributed by atoms with E-state index in [0.717, 1.165) is 5.56 Å². The van der Waals surface area contributed by atoms with Gasteiger partial charge in [0.25, 0.3) is 0 Å². The molecule has 1 rings (SSSR count). The summed E-state index contributed by atoms with van der Waals surface area (Å²) in [6.07, 6.45) is -0.496. The number of nitrogens with two attached hydrogens (primary N) is 1.